The van der Waals surface area contributed by atoms with E-state index in [9.17, 15) is 0 Å². The van der Waals surface area contributed by atoms with Crippen molar-refractivity contribution < 1.29 is 0 Å². The number of benzene rings is 1. The molecule has 2 aromatic rings. The van der Waals surface area contributed by atoms with Crippen molar-refractivity contribution in [1.82, 2.24) is 14.8 Å². The Bertz CT molecular complexity index is 444. The summed E-state index contributed by atoms with van der Waals surface area (Å²) in [6.07, 6.45) is 2.64. The maximum atomic E-state index is 4.15. The van der Waals surface area contributed by atoms with Gasteiger partial charge in [-0.25, -0.2) is 4.98 Å². The Morgan fingerprint density at radius 1 is 1.25 bits per heavy atom. The fraction of sp³-hybridized carbons (Fsp3) is 0.333. The van der Waals surface area contributed by atoms with E-state index >= 15 is 0 Å². The molecule has 1 aromatic heterocycles. The van der Waals surface area contributed by atoms with E-state index in [0.29, 0.717) is 6.54 Å². The van der Waals surface area contributed by atoms with Gasteiger partial charge in [-0.3, -0.25) is 4.68 Å². The normalized spacial score (nSPS) is 10.4. The second-order valence-electron chi connectivity index (χ2n) is 3.70. The van der Waals surface area contributed by atoms with Gasteiger partial charge in [0.1, 0.15) is 12.2 Å². The van der Waals surface area contributed by atoms with Gasteiger partial charge in [0.25, 0.3) is 0 Å². The van der Waals surface area contributed by atoms with Crippen LogP contribution in [0.25, 0.3) is 0 Å². The van der Waals surface area contributed by atoms with E-state index in [1.54, 1.807) is 11.0 Å². The lowest BCUT2D eigenvalue weighted by Gasteiger charge is -2.06. The summed E-state index contributed by atoms with van der Waals surface area (Å²) in [5.41, 5.74) is 2.46. The molecule has 0 atom stereocenters. The van der Waals surface area contributed by atoms with Crippen molar-refractivity contribution in [2.24, 2.45) is 7.05 Å². The van der Waals surface area contributed by atoms with Crippen molar-refractivity contribution in [2.75, 3.05) is 5.32 Å². The first-order chi connectivity index (χ1) is 7.79. The number of hydrogen-bond acceptors (Lipinski definition) is 3. The van der Waals surface area contributed by atoms with Crippen LogP contribution in [0.5, 0.6) is 0 Å². The minimum Gasteiger partial charge on any atom is -0.378 e. The van der Waals surface area contributed by atoms with Crippen LogP contribution in [0.15, 0.2) is 30.6 Å². The number of aryl methyl sites for hydroxylation is 2. The second kappa shape index (κ2) is 4.79. The zero-order valence-corrected chi connectivity index (χ0v) is 9.64. The minimum atomic E-state index is 0.696. The molecule has 0 aliphatic heterocycles. The van der Waals surface area contributed by atoms with Gasteiger partial charge in [-0.1, -0.05) is 19.1 Å². The average molecular weight is 216 g/mol. The van der Waals surface area contributed by atoms with E-state index in [1.807, 2.05) is 7.05 Å². The van der Waals surface area contributed by atoms with Crippen molar-refractivity contribution in [1.29, 1.82) is 0 Å². The molecule has 0 spiro atoms. The molecule has 0 amide bonds. The largest absolute Gasteiger partial charge is 0.378 e. The number of hydrogen-bond donors (Lipinski definition) is 1. The molecule has 0 unspecified atom stereocenters. The smallest absolute Gasteiger partial charge is 0.145 e. The van der Waals surface area contributed by atoms with E-state index in [0.717, 1.165) is 17.9 Å². The Balaban J connectivity index is 1.97. The molecule has 0 aliphatic rings. The molecule has 0 saturated carbocycles. The summed E-state index contributed by atoms with van der Waals surface area (Å²) in [6, 6.07) is 8.46. The van der Waals surface area contributed by atoms with E-state index in [-0.39, 0.29) is 0 Å². The molecule has 0 aliphatic carbocycles. The molecule has 1 heterocycles. The van der Waals surface area contributed by atoms with Crippen LogP contribution >= 0.6 is 0 Å². The Morgan fingerprint density at radius 3 is 2.56 bits per heavy atom. The molecule has 1 aromatic carbocycles. The van der Waals surface area contributed by atoms with Gasteiger partial charge in [-0.05, 0) is 24.1 Å². The van der Waals surface area contributed by atoms with Gasteiger partial charge < -0.3 is 5.32 Å². The quantitative estimate of drug-likeness (QED) is 0.850. The molecule has 4 heteroatoms. The van der Waals surface area contributed by atoms with Crippen molar-refractivity contribution in [3.63, 3.8) is 0 Å². The van der Waals surface area contributed by atoms with Gasteiger partial charge in [0.05, 0.1) is 6.54 Å². The molecular weight excluding hydrogens is 200 g/mol. The maximum absolute atomic E-state index is 4.15. The van der Waals surface area contributed by atoms with Crippen LogP contribution in [0.1, 0.15) is 18.3 Å². The fourth-order valence-corrected chi connectivity index (χ4v) is 1.52. The standard InChI is InChI=1S/C12H16N4/c1-3-10-4-6-11(7-5-10)13-8-12-14-9-15-16(12)2/h4-7,9,13H,3,8H2,1-2H3. The van der Waals surface area contributed by atoms with Crippen molar-refractivity contribution in [2.45, 2.75) is 19.9 Å². The third kappa shape index (κ3) is 2.39. The van der Waals surface area contributed by atoms with Crippen LogP contribution in [-0.4, -0.2) is 14.8 Å². The van der Waals surface area contributed by atoms with Gasteiger partial charge >= 0.3 is 0 Å². The second-order valence-corrected chi connectivity index (χ2v) is 3.70. The van der Waals surface area contributed by atoms with E-state index < -0.39 is 0 Å². The average Bonchev–Trinajstić information content (AvgIpc) is 2.73. The zero-order chi connectivity index (χ0) is 11.4. The topological polar surface area (TPSA) is 42.7 Å². The van der Waals surface area contributed by atoms with Crippen molar-refractivity contribution >= 4 is 5.69 Å². The number of aromatic nitrogens is 3. The van der Waals surface area contributed by atoms with E-state index in [2.05, 4.69) is 46.6 Å². The van der Waals surface area contributed by atoms with Gasteiger partial charge in [0.2, 0.25) is 0 Å². The SMILES string of the molecule is CCc1ccc(NCc2ncnn2C)cc1. The Morgan fingerprint density at radius 2 is 2.00 bits per heavy atom. The lowest BCUT2D eigenvalue weighted by atomic mass is 10.1. The highest BCUT2D eigenvalue weighted by atomic mass is 15.3. The lowest BCUT2D eigenvalue weighted by molar-refractivity contribution is 0.712. The predicted octanol–water partition coefficient (Wildman–Crippen LogP) is 1.99. The molecule has 4 nitrogen and oxygen atoms in total. The number of anilines is 1. The molecule has 16 heavy (non-hydrogen) atoms. The molecule has 2 rings (SSSR count). The number of rotatable bonds is 4. The molecule has 1 N–H and O–H groups in total. The summed E-state index contributed by atoms with van der Waals surface area (Å²) < 4.78 is 1.77. The first-order valence-corrected chi connectivity index (χ1v) is 5.45. The van der Waals surface area contributed by atoms with Crippen LogP contribution in [0.2, 0.25) is 0 Å². The van der Waals surface area contributed by atoms with Crippen molar-refractivity contribution in [3.05, 3.63) is 42.0 Å². The first kappa shape index (κ1) is 10.7. The molecule has 0 radical (unpaired) electrons. The molecule has 0 bridgehead atoms. The van der Waals surface area contributed by atoms with Crippen LogP contribution < -0.4 is 5.32 Å². The highest BCUT2D eigenvalue weighted by Gasteiger charge is 1.99. The van der Waals surface area contributed by atoms with Crippen molar-refractivity contribution in [3.8, 4) is 0 Å². The summed E-state index contributed by atoms with van der Waals surface area (Å²) in [5.74, 6) is 0.930. The highest BCUT2D eigenvalue weighted by molar-refractivity contribution is 5.44. The molecular formula is C12H16N4. The zero-order valence-electron chi connectivity index (χ0n) is 9.64. The first-order valence-electron chi connectivity index (χ1n) is 5.45. The number of nitrogens with one attached hydrogen (secondary N) is 1. The summed E-state index contributed by atoms with van der Waals surface area (Å²) in [6.45, 7) is 2.85. The van der Waals surface area contributed by atoms with Crippen LogP contribution in [0.3, 0.4) is 0 Å². The van der Waals surface area contributed by atoms with Gasteiger partial charge in [-0.15, -0.1) is 0 Å². The summed E-state index contributed by atoms with van der Waals surface area (Å²) in [7, 11) is 1.89. The Kier molecular flexibility index (Phi) is 3.19. The summed E-state index contributed by atoms with van der Waals surface area (Å²) >= 11 is 0. The Labute approximate surface area is 95.3 Å². The third-order valence-electron chi connectivity index (χ3n) is 2.62. The summed E-state index contributed by atoms with van der Waals surface area (Å²) in [4.78, 5) is 4.15. The fourth-order valence-electron chi connectivity index (χ4n) is 1.52. The maximum Gasteiger partial charge on any atom is 0.145 e. The molecule has 0 fully saturated rings. The van der Waals surface area contributed by atoms with E-state index in [4.69, 9.17) is 0 Å². The van der Waals surface area contributed by atoms with Crippen LogP contribution in [0.4, 0.5) is 5.69 Å². The molecule has 0 saturated heterocycles. The third-order valence-corrected chi connectivity index (χ3v) is 2.62. The van der Waals surface area contributed by atoms with E-state index in [1.165, 1.54) is 5.56 Å². The van der Waals surface area contributed by atoms with Gasteiger partial charge in [-0.2, -0.15) is 5.10 Å². The minimum absolute atomic E-state index is 0.696. The highest BCUT2D eigenvalue weighted by Crippen LogP contribution is 2.10. The lowest BCUT2D eigenvalue weighted by Crippen LogP contribution is -2.06. The van der Waals surface area contributed by atoms with Crippen LogP contribution in [-0.2, 0) is 20.0 Å². The predicted molar refractivity (Wildman–Crippen MR) is 64.1 cm³/mol. The molecule has 84 valence electrons. The van der Waals surface area contributed by atoms with Crippen LogP contribution in [0, 0.1) is 0 Å². The number of nitrogens with zero attached hydrogens (tertiary/aromatic N) is 3. The Hall–Kier alpha value is -1.84. The summed E-state index contributed by atoms with van der Waals surface area (Å²) in [5, 5.41) is 7.34. The monoisotopic (exact) mass is 216 g/mol. The van der Waals surface area contributed by atoms with Gasteiger partial charge in [0.15, 0.2) is 0 Å². The van der Waals surface area contributed by atoms with Gasteiger partial charge in [0, 0.05) is 12.7 Å².